The fraction of sp³-hybridized carbons (Fsp3) is 0.457. The summed E-state index contributed by atoms with van der Waals surface area (Å²) in [7, 11) is 0. The Morgan fingerprint density at radius 2 is 1.75 bits per heavy atom. The number of carbonyl (C=O) groups excluding carboxylic acids is 4. The zero-order valence-corrected chi connectivity index (χ0v) is 28.2. The third-order valence-corrected chi connectivity index (χ3v) is 7.21. The van der Waals surface area contributed by atoms with Gasteiger partial charge in [-0.25, -0.2) is 0 Å². The van der Waals surface area contributed by atoms with Crippen LogP contribution in [0.3, 0.4) is 0 Å². The van der Waals surface area contributed by atoms with Gasteiger partial charge in [0, 0.05) is 25.2 Å². The molecular weight excluding hydrogens is 616 g/mol. The molecule has 5 N–H and O–H groups in total. The number of carbonyl (C=O) groups is 4. The first-order valence-electron chi connectivity index (χ1n) is 15.8. The molecule has 0 aliphatic carbocycles. The summed E-state index contributed by atoms with van der Waals surface area (Å²) in [6.07, 6.45) is 0.165. The fourth-order valence-electron chi connectivity index (χ4n) is 4.65. The number of nitrogens with zero attached hydrogens (tertiary/aromatic N) is 2. The zero-order valence-electron chi connectivity index (χ0n) is 28.2. The Labute approximate surface area is 281 Å². The number of nitrogens with one attached hydrogen (secondary N) is 4. The van der Waals surface area contributed by atoms with Crippen molar-refractivity contribution in [2.45, 2.75) is 64.9 Å². The molecule has 1 aliphatic rings. The number of aryl methyl sites for hydroxylation is 1. The van der Waals surface area contributed by atoms with Gasteiger partial charge < -0.3 is 35.8 Å². The Hall–Kier alpha value is -4.77. The number of benzene rings is 2. The minimum atomic E-state index is -1.33. The number of hydrogen-bond donors (Lipinski definition) is 5. The van der Waals surface area contributed by atoms with E-state index in [1.165, 1.54) is 13.0 Å². The molecule has 4 amide bonds. The second-order valence-corrected chi connectivity index (χ2v) is 12.7. The van der Waals surface area contributed by atoms with Gasteiger partial charge in [0.05, 0.1) is 25.9 Å². The Bertz CT molecular complexity index is 1490. The summed E-state index contributed by atoms with van der Waals surface area (Å²) in [4.78, 5) is 54.0. The van der Waals surface area contributed by atoms with Gasteiger partial charge in [-0.05, 0) is 64.0 Å². The highest BCUT2D eigenvalue weighted by atomic mass is 16.5. The molecule has 0 radical (unpaired) electrons. The van der Waals surface area contributed by atoms with Gasteiger partial charge in [-0.15, -0.1) is 0 Å². The number of aliphatic hydroxyl groups excluding tert-OH is 1. The molecule has 0 saturated carbocycles. The molecule has 3 atom stereocenters. The summed E-state index contributed by atoms with van der Waals surface area (Å²) in [6, 6.07) is 13.5. The normalized spacial score (nSPS) is 15.6. The monoisotopic (exact) mass is 662 g/mol. The van der Waals surface area contributed by atoms with E-state index in [9.17, 15) is 29.5 Å². The summed E-state index contributed by atoms with van der Waals surface area (Å²) in [5.74, 6) is -1.97. The lowest BCUT2D eigenvalue weighted by Crippen LogP contribution is -2.59. The lowest BCUT2D eigenvalue weighted by atomic mass is 10.1. The van der Waals surface area contributed by atoms with Crippen molar-refractivity contribution in [1.82, 2.24) is 26.2 Å². The van der Waals surface area contributed by atoms with Crippen LogP contribution >= 0.6 is 0 Å². The Morgan fingerprint density at radius 1 is 1.06 bits per heavy atom. The molecule has 0 spiro atoms. The van der Waals surface area contributed by atoms with Gasteiger partial charge in [-0.2, -0.15) is 5.26 Å². The molecule has 1 saturated heterocycles. The third kappa shape index (κ3) is 12.8. The van der Waals surface area contributed by atoms with Gasteiger partial charge in [0.25, 0.3) is 5.91 Å². The maximum Gasteiger partial charge on any atom is 0.262 e. The topological polar surface area (TPSA) is 182 Å². The standard InChI is InChI=1S/C35H46N6O7/c1-23-9-11-25(12-10-23)20-37-33(45)29(38-34(46)31(24(2)42)39-30(43)21-41-13-15-47-16-14-41)22-48-28-8-6-7-26(18-28)17-27(19-36)32(44)40-35(3,4)5/h6-12,17-18,24,29,31,42H,13-16,20-22H2,1-5H3,(H,37,45)(H,38,46)(H,39,43)(H,40,44). The summed E-state index contributed by atoms with van der Waals surface area (Å²) in [5, 5.41) is 30.7. The molecule has 1 heterocycles. The number of aliphatic hydroxyl groups is 1. The zero-order chi connectivity index (χ0) is 35.3. The molecule has 2 aromatic rings. The van der Waals surface area contributed by atoms with Crippen molar-refractivity contribution in [2.75, 3.05) is 39.5 Å². The van der Waals surface area contributed by atoms with Crippen LogP contribution in [0.2, 0.25) is 0 Å². The number of rotatable bonds is 14. The van der Waals surface area contributed by atoms with Crippen LogP contribution in [0.4, 0.5) is 0 Å². The van der Waals surface area contributed by atoms with E-state index < -0.39 is 47.4 Å². The van der Waals surface area contributed by atoms with Crippen LogP contribution in [0.1, 0.15) is 44.4 Å². The summed E-state index contributed by atoms with van der Waals surface area (Å²) < 4.78 is 11.2. The average molecular weight is 663 g/mol. The Balaban J connectivity index is 1.75. The molecule has 13 nitrogen and oxygen atoms in total. The van der Waals surface area contributed by atoms with Crippen molar-refractivity contribution < 1.29 is 33.8 Å². The van der Waals surface area contributed by atoms with E-state index in [1.54, 1.807) is 24.3 Å². The number of hydrogen-bond acceptors (Lipinski definition) is 9. The van der Waals surface area contributed by atoms with Crippen LogP contribution in [0, 0.1) is 18.3 Å². The average Bonchev–Trinajstić information content (AvgIpc) is 3.03. The number of ether oxygens (including phenoxy) is 2. The second-order valence-electron chi connectivity index (χ2n) is 12.7. The first-order valence-corrected chi connectivity index (χ1v) is 15.8. The number of morpholine rings is 1. The minimum absolute atomic E-state index is 0.0274. The van der Waals surface area contributed by atoms with Crippen LogP contribution in [0.25, 0.3) is 6.08 Å². The largest absolute Gasteiger partial charge is 0.491 e. The van der Waals surface area contributed by atoms with E-state index in [2.05, 4.69) is 21.3 Å². The van der Waals surface area contributed by atoms with Crippen LogP contribution in [-0.2, 0) is 30.5 Å². The SMILES string of the molecule is Cc1ccc(CNC(=O)C(COc2cccc(C=C(C#N)C(=O)NC(C)(C)C)c2)NC(=O)C(NC(=O)CN2CCOCC2)C(C)O)cc1. The Morgan fingerprint density at radius 3 is 2.38 bits per heavy atom. The Kier molecular flexibility index (Phi) is 14.1. The molecular formula is C35H46N6O7. The van der Waals surface area contributed by atoms with Gasteiger partial charge in [0.1, 0.15) is 36.1 Å². The molecule has 258 valence electrons. The van der Waals surface area contributed by atoms with Gasteiger partial charge in [-0.3, -0.25) is 24.1 Å². The van der Waals surface area contributed by atoms with Crippen LogP contribution in [0.5, 0.6) is 5.75 Å². The lowest BCUT2D eigenvalue weighted by Gasteiger charge is -2.28. The molecule has 0 bridgehead atoms. The molecule has 1 aliphatic heterocycles. The van der Waals surface area contributed by atoms with Crippen molar-refractivity contribution in [3.05, 3.63) is 70.8 Å². The minimum Gasteiger partial charge on any atom is -0.491 e. The summed E-state index contributed by atoms with van der Waals surface area (Å²) in [5.41, 5.74) is 1.80. The van der Waals surface area contributed by atoms with Crippen molar-refractivity contribution >= 4 is 29.7 Å². The van der Waals surface area contributed by atoms with E-state index in [1.807, 2.05) is 62.9 Å². The lowest BCUT2D eigenvalue weighted by molar-refractivity contribution is -0.135. The quantitative estimate of drug-likeness (QED) is 0.147. The smallest absolute Gasteiger partial charge is 0.262 e. The molecule has 3 unspecified atom stereocenters. The first-order chi connectivity index (χ1) is 22.7. The van der Waals surface area contributed by atoms with E-state index in [-0.39, 0.29) is 25.3 Å². The fourth-order valence-corrected chi connectivity index (χ4v) is 4.65. The summed E-state index contributed by atoms with van der Waals surface area (Å²) in [6.45, 7) is 10.8. The van der Waals surface area contributed by atoms with Gasteiger partial charge in [-0.1, -0.05) is 42.0 Å². The molecule has 2 aromatic carbocycles. The van der Waals surface area contributed by atoms with E-state index in [0.29, 0.717) is 37.6 Å². The molecule has 0 aromatic heterocycles. The van der Waals surface area contributed by atoms with Gasteiger partial charge >= 0.3 is 0 Å². The van der Waals surface area contributed by atoms with E-state index in [4.69, 9.17) is 9.47 Å². The number of nitriles is 1. The van der Waals surface area contributed by atoms with Crippen LogP contribution in [-0.4, -0.2) is 96.8 Å². The molecule has 1 fully saturated rings. The van der Waals surface area contributed by atoms with Gasteiger partial charge in [0.2, 0.25) is 17.7 Å². The van der Waals surface area contributed by atoms with Gasteiger partial charge in [0.15, 0.2) is 0 Å². The van der Waals surface area contributed by atoms with Crippen molar-refractivity contribution in [2.24, 2.45) is 0 Å². The second kappa shape index (κ2) is 18.0. The van der Waals surface area contributed by atoms with Crippen LogP contribution in [0.15, 0.2) is 54.1 Å². The molecule has 13 heteroatoms. The maximum atomic E-state index is 13.4. The summed E-state index contributed by atoms with van der Waals surface area (Å²) >= 11 is 0. The molecule has 3 rings (SSSR count). The molecule has 48 heavy (non-hydrogen) atoms. The maximum absolute atomic E-state index is 13.4. The van der Waals surface area contributed by atoms with E-state index in [0.717, 1.165) is 11.1 Å². The third-order valence-electron chi connectivity index (χ3n) is 7.21. The number of amides is 4. The van der Waals surface area contributed by atoms with Crippen molar-refractivity contribution in [3.8, 4) is 11.8 Å². The highest BCUT2D eigenvalue weighted by molar-refractivity contribution is 6.02. The van der Waals surface area contributed by atoms with Crippen LogP contribution < -0.4 is 26.0 Å². The predicted molar refractivity (Wildman–Crippen MR) is 179 cm³/mol. The highest BCUT2D eigenvalue weighted by Crippen LogP contribution is 2.17. The van der Waals surface area contributed by atoms with E-state index >= 15 is 0 Å². The predicted octanol–water partition coefficient (Wildman–Crippen LogP) is 1.19. The highest BCUT2D eigenvalue weighted by Gasteiger charge is 2.31. The van der Waals surface area contributed by atoms with Crippen molar-refractivity contribution in [3.63, 3.8) is 0 Å². The van der Waals surface area contributed by atoms with Crippen molar-refractivity contribution in [1.29, 1.82) is 5.26 Å². The first kappa shape index (κ1) is 37.7.